The summed E-state index contributed by atoms with van der Waals surface area (Å²) in [6, 6.07) is 17.7. The van der Waals surface area contributed by atoms with E-state index in [1.807, 2.05) is 6.07 Å². The number of methoxy groups -OCH3 is 1. The van der Waals surface area contributed by atoms with E-state index in [-0.39, 0.29) is 23.9 Å². The minimum Gasteiger partial charge on any atom is -0.508 e. The number of aromatic hydroxyl groups is 1. The summed E-state index contributed by atoms with van der Waals surface area (Å²) in [6.07, 6.45) is 3.09. The van der Waals surface area contributed by atoms with Gasteiger partial charge < -0.3 is 14.6 Å². The normalized spacial score (nSPS) is 10.8. The van der Waals surface area contributed by atoms with Crippen LogP contribution in [0.5, 0.6) is 17.2 Å². The van der Waals surface area contributed by atoms with Crippen molar-refractivity contribution in [3.63, 3.8) is 0 Å². The number of phenolic OH excluding ortho intramolecular Hbond substituents is 1. The van der Waals surface area contributed by atoms with Crippen molar-refractivity contribution in [3.05, 3.63) is 95.3 Å². The molecule has 3 aromatic rings. The standard InChI is InChI=1S/C23H19FO4/c1-27-22-12-10-16(9-11-21(26)17-5-4-6-19(25)14-17)13-18(22)15-28-23-8-3-2-7-20(23)24/h2-14,25H,15H2,1H3/b11-9+. The fraction of sp³-hybridized carbons (Fsp3) is 0.0870. The van der Waals surface area contributed by atoms with E-state index in [0.29, 0.717) is 11.3 Å². The van der Waals surface area contributed by atoms with Crippen LogP contribution in [0.2, 0.25) is 0 Å². The van der Waals surface area contributed by atoms with Gasteiger partial charge in [0.05, 0.1) is 7.11 Å². The first-order valence-corrected chi connectivity index (χ1v) is 8.62. The fourth-order valence-corrected chi connectivity index (χ4v) is 2.66. The van der Waals surface area contributed by atoms with Gasteiger partial charge in [0.2, 0.25) is 0 Å². The number of allylic oxidation sites excluding steroid dienone is 1. The highest BCUT2D eigenvalue weighted by Gasteiger charge is 2.08. The summed E-state index contributed by atoms with van der Waals surface area (Å²) in [5, 5.41) is 9.48. The molecule has 0 bridgehead atoms. The first-order valence-electron chi connectivity index (χ1n) is 8.62. The number of halogens is 1. The predicted molar refractivity (Wildman–Crippen MR) is 105 cm³/mol. The van der Waals surface area contributed by atoms with Crippen molar-refractivity contribution in [2.24, 2.45) is 0 Å². The topological polar surface area (TPSA) is 55.8 Å². The summed E-state index contributed by atoms with van der Waals surface area (Å²) in [5.74, 6) is 0.138. The number of carbonyl (C=O) groups excluding carboxylic acids is 1. The maximum Gasteiger partial charge on any atom is 0.185 e. The van der Waals surface area contributed by atoms with Gasteiger partial charge in [-0.2, -0.15) is 0 Å². The molecule has 0 aliphatic carbocycles. The molecule has 0 unspecified atom stereocenters. The highest BCUT2D eigenvalue weighted by molar-refractivity contribution is 6.07. The van der Waals surface area contributed by atoms with Crippen LogP contribution in [-0.4, -0.2) is 18.0 Å². The Morgan fingerprint density at radius 1 is 1.04 bits per heavy atom. The molecule has 142 valence electrons. The van der Waals surface area contributed by atoms with Crippen LogP contribution in [0.1, 0.15) is 21.5 Å². The average molecular weight is 378 g/mol. The number of hydrogen-bond donors (Lipinski definition) is 1. The smallest absolute Gasteiger partial charge is 0.185 e. The van der Waals surface area contributed by atoms with Crippen LogP contribution in [0.3, 0.4) is 0 Å². The van der Waals surface area contributed by atoms with Gasteiger partial charge in [0.25, 0.3) is 0 Å². The Bertz CT molecular complexity index is 1010. The molecule has 0 spiro atoms. The number of benzene rings is 3. The highest BCUT2D eigenvalue weighted by Crippen LogP contribution is 2.24. The van der Waals surface area contributed by atoms with Gasteiger partial charge in [-0.05, 0) is 48.0 Å². The van der Waals surface area contributed by atoms with Crippen LogP contribution >= 0.6 is 0 Å². The monoisotopic (exact) mass is 378 g/mol. The van der Waals surface area contributed by atoms with Gasteiger partial charge in [0.1, 0.15) is 18.1 Å². The quantitative estimate of drug-likeness (QED) is 0.464. The molecule has 5 heteroatoms. The zero-order chi connectivity index (χ0) is 19.9. The number of phenols is 1. The second-order valence-corrected chi connectivity index (χ2v) is 6.04. The van der Waals surface area contributed by atoms with Crippen molar-refractivity contribution < 1.29 is 23.8 Å². The molecule has 3 rings (SSSR count). The van der Waals surface area contributed by atoms with E-state index in [0.717, 1.165) is 11.1 Å². The highest BCUT2D eigenvalue weighted by atomic mass is 19.1. The Balaban J connectivity index is 1.76. The number of para-hydroxylation sites is 1. The van der Waals surface area contributed by atoms with Gasteiger partial charge in [-0.1, -0.05) is 36.4 Å². The zero-order valence-electron chi connectivity index (χ0n) is 15.3. The SMILES string of the molecule is COc1ccc(/C=C/C(=O)c2cccc(O)c2)cc1COc1ccccc1F. The van der Waals surface area contributed by atoms with Gasteiger partial charge in [-0.3, -0.25) is 4.79 Å². The second-order valence-electron chi connectivity index (χ2n) is 6.04. The first-order chi connectivity index (χ1) is 13.6. The lowest BCUT2D eigenvalue weighted by Crippen LogP contribution is -2.00. The Morgan fingerprint density at radius 2 is 1.86 bits per heavy atom. The van der Waals surface area contributed by atoms with E-state index in [4.69, 9.17) is 9.47 Å². The molecular weight excluding hydrogens is 359 g/mol. The lowest BCUT2D eigenvalue weighted by atomic mass is 10.1. The van der Waals surface area contributed by atoms with E-state index in [1.165, 1.54) is 24.3 Å². The number of hydrogen-bond acceptors (Lipinski definition) is 4. The lowest BCUT2D eigenvalue weighted by molar-refractivity contribution is 0.104. The maximum absolute atomic E-state index is 13.7. The summed E-state index contributed by atoms with van der Waals surface area (Å²) in [4.78, 5) is 12.2. The summed E-state index contributed by atoms with van der Waals surface area (Å²) in [5.41, 5.74) is 1.88. The number of ketones is 1. The number of carbonyl (C=O) groups is 1. The molecule has 0 aromatic heterocycles. The van der Waals surface area contributed by atoms with Gasteiger partial charge in [-0.15, -0.1) is 0 Å². The minimum atomic E-state index is -0.436. The summed E-state index contributed by atoms with van der Waals surface area (Å²) in [6.45, 7) is 0.117. The Kier molecular flexibility index (Phi) is 6.07. The molecule has 0 heterocycles. The molecule has 28 heavy (non-hydrogen) atoms. The van der Waals surface area contributed by atoms with Crippen molar-refractivity contribution in [1.29, 1.82) is 0 Å². The van der Waals surface area contributed by atoms with Crippen LogP contribution in [0.15, 0.2) is 72.8 Å². The van der Waals surface area contributed by atoms with E-state index >= 15 is 0 Å². The Morgan fingerprint density at radius 3 is 2.61 bits per heavy atom. The van der Waals surface area contributed by atoms with Crippen LogP contribution in [0.4, 0.5) is 4.39 Å². The number of rotatable bonds is 7. The average Bonchev–Trinajstić information content (AvgIpc) is 2.71. The fourth-order valence-electron chi connectivity index (χ4n) is 2.66. The molecule has 0 atom stereocenters. The van der Waals surface area contributed by atoms with Gasteiger partial charge in [-0.25, -0.2) is 4.39 Å². The van der Waals surface area contributed by atoms with Crippen LogP contribution in [0.25, 0.3) is 6.08 Å². The van der Waals surface area contributed by atoms with Crippen molar-refractivity contribution >= 4 is 11.9 Å². The molecule has 0 aliphatic rings. The molecule has 4 nitrogen and oxygen atoms in total. The van der Waals surface area contributed by atoms with Gasteiger partial charge in [0.15, 0.2) is 17.3 Å². The third-order valence-corrected chi connectivity index (χ3v) is 4.08. The largest absolute Gasteiger partial charge is 0.508 e. The molecule has 0 fully saturated rings. The molecule has 3 aromatic carbocycles. The molecule has 0 aliphatic heterocycles. The molecule has 1 N–H and O–H groups in total. The van der Waals surface area contributed by atoms with Gasteiger partial charge >= 0.3 is 0 Å². The Labute approximate surface area is 162 Å². The van der Waals surface area contributed by atoms with Crippen molar-refractivity contribution in [2.45, 2.75) is 6.61 Å². The van der Waals surface area contributed by atoms with Gasteiger partial charge in [0, 0.05) is 11.1 Å². The summed E-state index contributed by atoms with van der Waals surface area (Å²) >= 11 is 0. The van der Waals surface area contributed by atoms with Crippen molar-refractivity contribution in [3.8, 4) is 17.2 Å². The van der Waals surface area contributed by atoms with Crippen LogP contribution in [0, 0.1) is 5.82 Å². The minimum absolute atomic E-state index is 0.0382. The van der Waals surface area contributed by atoms with E-state index in [1.54, 1.807) is 55.7 Å². The second kappa shape index (κ2) is 8.86. The van der Waals surface area contributed by atoms with Crippen molar-refractivity contribution in [1.82, 2.24) is 0 Å². The lowest BCUT2D eigenvalue weighted by Gasteiger charge is -2.11. The molecule has 0 radical (unpaired) electrons. The predicted octanol–water partition coefficient (Wildman–Crippen LogP) is 5.02. The Hall–Kier alpha value is -3.60. The molecule has 0 saturated carbocycles. The summed E-state index contributed by atoms with van der Waals surface area (Å²) in [7, 11) is 1.54. The summed E-state index contributed by atoms with van der Waals surface area (Å²) < 4.78 is 24.6. The van der Waals surface area contributed by atoms with E-state index in [9.17, 15) is 14.3 Å². The van der Waals surface area contributed by atoms with Crippen LogP contribution in [-0.2, 0) is 6.61 Å². The zero-order valence-corrected chi connectivity index (χ0v) is 15.3. The first kappa shape index (κ1) is 19.2. The van der Waals surface area contributed by atoms with Crippen LogP contribution < -0.4 is 9.47 Å². The van der Waals surface area contributed by atoms with E-state index < -0.39 is 5.82 Å². The third kappa shape index (κ3) is 4.76. The molecular formula is C23H19FO4. The maximum atomic E-state index is 13.7. The van der Waals surface area contributed by atoms with Crippen molar-refractivity contribution in [2.75, 3.05) is 7.11 Å². The third-order valence-electron chi connectivity index (χ3n) is 4.08. The number of ether oxygens (including phenoxy) is 2. The molecule has 0 amide bonds. The van der Waals surface area contributed by atoms with E-state index in [2.05, 4.69) is 0 Å². The molecule has 0 saturated heterocycles.